The molecule has 1 aromatic carbocycles. The zero-order valence-corrected chi connectivity index (χ0v) is 12.5. The Morgan fingerprint density at radius 1 is 1.36 bits per heavy atom. The van der Waals surface area contributed by atoms with Crippen LogP contribution in [0.15, 0.2) is 36.5 Å². The van der Waals surface area contributed by atoms with Gasteiger partial charge in [-0.1, -0.05) is 11.3 Å². The molecule has 2 heterocycles. The van der Waals surface area contributed by atoms with Crippen LogP contribution in [0.3, 0.4) is 0 Å². The van der Waals surface area contributed by atoms with E-state index >= 15 is 0 Å². The van der Waals surface area contributed by atoms with Crippen molar-refractivity contribution in [2.45, 2.75) is 6.92 Å². The molecule has 5 nitrogen and oxygen atoms in total. The van der Waals surface area contributed by atoms with E-state index in [0.717, 1.165) is 22.0 Å². The quantitative estimate of drug-likeness (QED) is 0.748. The van der Waals surface area contributed by atoms with Gasteiger partial charge >= 0.3 is 0 Å². The molecule has 0 bridgehead atoms. The third kappa shape index (κ3) is 3.04. The second-order valence-electron chi connectivity index (χ2n) is 4.40. The molecule has 3 aromatic rings. The number of nitrogens with one attached hydrogen (secondary N) is 1. The highest BCUT2D eigenvalue weighted by Gasteiger charge is 2.11. The zero-order chi connectivity index (χ0) is 15.5. The predicted molar refractivity (Wildman–Crippen MR) is 82.9 cm³/mol. The van der Waals surface area contributed by atoms with E-state index in [-0.39, 0.29) is 5.56 Å². The van der Waals surface area contributed by atoms with Crippen LogP contribution < -0.4 is 10.1 Å². The van der Waals surface area contributed by atoms with Crippen LogP contribution >= 0.6 is 11.3 Å². The number of rotatable bonds is 4. The van der Waals surface area contributed by atoms with E-state index in [9.17, 15) is 9.18 Å². The fourth-order valence-corrected chi connectivity index (χ4v) is 2.82. The van der Waals surface area contributed by atoms with Gasteiger partial charge in [-0.2, -0.15) is 4.39 Å². The summed E-state index contributed by atoms with van der Waals surface area (Å²) in [6.45, 7) is 2.50. The molecule has 112 valence electrons. The summed E-state index contributed by atoms with van der Waals surface area (Å²) in [6, 6.07) is 8.06. The molecule has 0 aliphatic heterocycles. The summed E-state index contributed by atoms with van der Waals surface area (Å²) in [5.41, 5.74) is 0.964. The molecule has 0 saturated carbocycles. The van der Waals surface area contributed by atoms with Gasteiger partial charge in [0.2, 0.25) is 5.95 Å². The molecule has 22 heavy (non-hydrogen) atoms. The van der Waals surface area contributed by atoms with E-state index in [0.29, 0.717) is 11.7 Å². The third-order valence-electron chi connectivity index (χ3n) is 2.88. The lowest BCUT2D eigenvalue weighted by Crippen LogP contribution is -2.12. The number of hydrogen-bond donors (Lipinski definition) is 1. The second kappa shape index (κ2) is 6.07. The summed E-state index contributed by atoms with van der Waals surface area (Å²) >= 11 is 1.33. The number of nitrogens with zero attached hydrogens (tertiary/aromatic N) is 2. The Bertz CT molecular complexity index is 835. The normalized spacial score (nSPS) is 10.6. The fourth-order valence-electron chi connectivity index (χ4n) is 1.93. The zero-order valence-electron chi connectivity index (χ0n) is 11.7. The molecule has 1 N–H and O–H groups in total. The maximum absolute atomic E-state index is 13.0. The Morgan fingerprint density at radius 3 is 3.00 bits per heavy atom. The summed E-state index contributed by atoms with van der Waals surface area (Å²) in [5.74, 6) is -0.364. The van der Waals surface area contributed by atoms with Gasteiger partial charge in [-0.25, -0.2) is 9.97 Å². The number of aromatic nitrogens is 2. The van der Waals surface area contributed by atoms with Crippen LogP contribution in [0.25, 0.3) is 10.2 Å². The van der Waals surface area contributed by atoms with Crippen molar-refractivity contribution in [3.63, 3.8) is 0 Å². The number of halogens is 1. The van der Waals surface area contributed by atoms with Crippen molar-refractivity contribution >= 4 is 32.6 Å². The number of thiazole rings is 1. The van der Waals surface area contributed by atoms with Gasteiger partial charge in [0.25, 0.3) is 5.91 Å². The number of anilines is 1. The van der Waals surface area contributed by atoms with E-state index in [4.69, 9.17) is 4.74 Å². The highest BCUT2D eigenvalue weighted by Crippen LogP contribution is 2.29. The van der Waals surface area contributed by atoms with E-state index in [1.807, 2.05) is 25.1 Å². The van der Waals surface area contributed by atoms with Crippen LogP contribution in [0, 0.1) is 5.95 Å². The van der Waals surface area contributed by atoms with Gasteiger partial charge in [0, 0.05) is 17.8 Å². The van der Waals surface area contributed by atoms with Gasteiger partial charge in [-0.3, -0.25) is 10.1 Å². The highest BCUT2D eigenvalue weighted by atomic mass is 32.1. The molecule has 0 unspecified atom stereocenters. The topological polar surface area (TPSA) is 64.1 Å². The molecule has 1 amide bonds. The number of carbonyl (C=O) groups is 1. The predicted octanol–water partition coefficient (Wildman–Crippen LogP) is 3.48. The van der Waals surface area contributed by atoms with Crippen molar-refractivity contribution < 1.29 is 13.9 Å². The van der Waals surface area contributed by atoms with Crippen LogP contribution in [0.5, 0.6) is 5.75 Å². The Hall–Kier alpha value is -2.54. The third-order valence-corrected chi connectivity index (χ3v) is 3.81. The van der Waals surface area contributed by atoms with Gasteiger partial charge in [-0.15, -0.1) is 0 Å². The summed E-state index contributed by atoms with van der Waals surface area (Å²) in [6.07, 6.45) is 1.25. The summed E-state index contributed by atoms with van der Waals surface area (Å²) in [5, 5.41) is 3.11. The van der Waals surface area contributed by atoms with E-state index < -0.39 is 11.9 Å². The largest absolute Gasteiger partial charge is 0.494 e. The lowest BCUT2D eigenvalue weighted by molar-refractivity contribution is 0.102. The van der Waals surface area contributed by atoms with E-state index in [2.05, 4.69) is 15.3 Å². The van der Waals surface area contributed by atoms with Crippen LogP contribution in [0.4, 0.5) is 9.52 Å². The Labute approximate surface area is 129 Å². The first kappa shape index (κ1) is 14.4. The molecule has 0 aliphatic carbocycles. The number of pyridine rings is 1. The SMILES string of the molecule is CCOc1ccc2nc(NC(=O)c3ccnc(F)c3)sc2c1. The minimum atomic E-state index is -0.696. The molecule has 7 heteroatoms. The van der Waals surface area contributed by atoms with Gasteiger partial charge < -0.3 is 4.74 Å². The van der Waals surface area contributed by atoms with Crippen LogP contribution in [-0.4, -0.2) is 22.5 Å². The number of hydrogen-bond acceptors (Lipinski definition) is 5. The first-order valence-electron chi connectivity index (χ1n) is 6.62. The molecule has 0 radical (unpaired) electrons. The lowest BCUT2D eigenvalue weighted by atomic mass is 10.2. The molecule has 3 rings (SSSR count). The Balaban J connectivity index is 1.83. The molecule has 2 aromatic heterocycles. The average molecular weight is 317 g/mol. The maximum atomic E-state index is 13.0. The Kier molecular flexibility index (Phi) is 3.97. The van der Waals surface area contributed by atoms with Crippen LogP contribution in [0.2, 0.25) is 0 Å². The van der Waals surface area contributed by atoms with Gasteiger partial charge in [0.1, 0.15) is 5.75 Å². The molecular weight excluding hydrogens is 305 g/mol. The van der Waals surface area contributed by atoms with Gasteiger partial charge in [0.05, 0.1) is 16.8 Å². The molecule has 0 aliphatic rings. The second-order valence-corrected chi connectivity index (χ2v) is 5.43. The monoisotopic (exact) mass is 317 g/mol. The van der Waals surface area contributed by atoms with Crippen LogP contribution in [0.1, 0.15) is 17.3 Å². The smallest absolute Gasteiger partial charge is 0.257 e. The Morgan fingerprint density at radius 2 is 2.23 bits per heavy atom. The number of ether oxygens (including phenoxy) is 1. The lowest BCUT2D eigenvalue weighted by Gasteiger charge is -2.00. The first-order chi connectivity index (χ1) is 10.7. The van der Waals surface area contributed by atoms with Gasteiger partial charge in [-0.05, 0) is 31.2 Å². The van der Waals surface area contributed by atoms with Gasteiger partial charge in [0.15, 0.2) is 5.13 Å². The molecule has 0 atom stereocenters. The van der Waals surface area contributed by atoms with Crippen molar-refractivity contribution in [3.05, 3.63) is 48.0 Å². The number of amides is 1. The number of benzene rings is 1. The summed E-state index contributed by atoms with van der Waals surface area (Å²) in [7, 11) is 0. The number of fused-ring (bicyclic) bond motifs is 1. The minimum absolute atomic E-state index is 0.196. The first-order valence-corrected chi connectivity index (χ1v) is 7.43. The minimum Gasteiger partial charge on any atom is -0.494 e. The van der Waals surface area contributed by atoms with Crippen molar-refractivity contribution in [2.24, 2.45) is 0 Å². The van der Waals surface area contributed by atoms with Crippen molar-refractivity contribution in [1.29, 1.82) is 0 Å². The van der Waals surface area contributed by atoms with E-state index in [1.54, 1.807) is 0 Å². The van der Waals surface area contributed by atoms with Crippen molar-refractivity contribution in [2.75, 3.05) is 11.9 Å². The average Bonchev–Trinajstić information content (AvgIpc) is 2.89. The standard InChI is InChI=1S/C15H12FN3O2S/c1-2-21-10-3-4-11-12(8-10)22-15(18-11)19-14(20)9-5-6-17-13(16)7-9/h3-8H,2H2,1H3,(H,18,19,20). The molecule has 0 saturated heterocycles. The molecule has 0 spiro atoms. The number of carbonyl (C=O) groups excluding carboxylic acids is 1. The summed E-state index contributed by atoms with van der Waals surface area (Å²) < 4.78 is 19.4. The van der Waals surface area contributed by atoms with Crippen molar-refractivity contribution in [3.8, 4) is 5.75 Å². The maximum Gasteiger partial charge on any atom is 0.257 e. The highest BCUT2D eigenvalue weighted by molar-refractivity contribution is 7.22. The molecule has 0 fully saturated rings. The van der Waals surface area contributed by atoms with Crippen LogP contribution in [-0.2, 0) is 0 Å². The van der Waals surface area contributed by atoms with E-state index in [1.165, 1.54) is 23.6 Å². The fraction of sp³-hybridized carbons (Fsp3) is 0.133. The molecular formula is C15H12FN3O2S. The van der Waals surface area contributed by atoms with Crippen molar-refractivity contribution in [1.82, 2.24) is 9.97 Å². The summed E-state index contributed by atoms with van der Waals surface area (Å²) in [4.78, 5) is 19.8.